The molecule has 0 saturated heterocycles. The van der Waals surface area contributed by atoms with Crippen LogP contribution in [0.4, 0.5) is 11.4 Å². The molecule has 2 rings (SSSR count). The summed E-state index contributed by atoms with van der Waals surface area (Å²) < 4.78 is 1.80. The predicted molar refractivity (Wildman–Crippen MR) is 83.8 cm³/mol. The van der Waals surface area contributed by atoms with Gasteiger partial charge >= 0.3 is 0 Å². The molecule has 0 unspecified atom stereocenters. The first-order valence-electron chi connectivity index (χ1n) is 6.26. The van der Waals surface area contributed by atoms with Gasteiger partial charge in [-0.25, -0.2) is 4.99 Å². The van der Waals surface area contributed by atoms with E-state index in [-0.39, 0.29) is 5.88 Å². The zero-order valence-corrected chi connectivity index (χ0v) is 12.4. The molecule has 0 aliphatic rings. The molecule has 2 N–H and O–H groups in total. The molecule has 0 amide bonds. The molecule has 0 bridgehead atoms. The Hall–Kier alpha value is -2.01. The molecule has 5 nitrogen and oxygen atoms in total. The fraction of sp³-hybridized carbons (Fsp3) is 0.286. The lowest BCUT2D eigenvalue weighted by atomic mass is 10.2. The summed E-state index contributed by atoms with van der Waals surface area (Å²) in [5.74, 6) is 0.658. The number of aryl methyl sites for hydroxylation is 1. The molecule has 0 spiro atoms. The molecule has 0 radical (unpaired) electrons. The lowest BCUT2D eigenvalue weighted by Crippen LogP contribution is -2.15. The van der Waals surface area contributed by atoms with Crippen molar-refractivity contribution in [3.63, 3.8) is 0 Å². The number of nitrogens with two attached hydrogens (primary N) is 1. The third-order valence-corrected chi connectivity index (χ3v) is 3.15. The molecule has 0 aliphatic heterocycles. The SMILES string of the molecule is CN(Cc1cnn(C)c1)c1ccc(N=C(N)CCl)cc1. The first kappa shape index (κ1) is 14.4. The summed E-state index contributed by atoms with van der Waals surface area (Å²) >= 11 is 5.60. The van der Waals surface area contributed by atoms with Crippen LogP contribution in [-0.4, -0.2) is 28.5 Å². The van der Waals surface area contributed by atoms with Crippen molar-refractivity contribution in [3.05, 3.63) is 42.2 Å². The van der Waals surface area contributed by atoms with Crippen molar-refractivity contribution in [2.45, 2.75) is 6.54 Å². The Morgan fingerprint density at radius 2 is 2.10 bits per heavy atom. The summed E-state index contributed by atoms with van der Waals surface area (Å²) in [6.07, 6.45) is 3.88. The standard InChI is InChI=1S/C14H18ClN5/c1-19(9-11-8-17-20(2)10-11)13-5-3-12(4-6-13)18-14(16)7-15/h3-6,8,10H,7,9H2,1-2H3,(H2,16,18). The van der Waals surface area contributed by atoms with Gasteiger partial charge in [-0.05, 0) is 24.3 Å². The van der Waals surface area contributed by atoms with Crippen LogP contribution >= 0.6 is 11.6 Å². The fourth-order valence-electron chi connectivity index (χ4n) is 1.90. The lowest BCUT2D eigenvalue weighted by Gasteiger charge is -2.18. The number of hydrogen-bond acceptors (Lipinski definition) is 3. The molecule has 6 heteroatoms. The van der Waals surface area contributed by atoms with Crippen LogP contribution in [0.25, 0.3) is 0 Å². The van der Waals surface area contributed by atoms with Gasteiger partial charge in [0.2, 0.25) is 0 Å². The zero-order valence-electron chi connectivity index (χ0n) is 11.6. The van der Waals surface area contributed by atoms with E-state index in [0.717, 1.165) is 17.9 Å². The number of aliphatic imine (C=N–C) groups is 1. The van der Waals surface area contributed by atoms with Crippen LogP contribution in [0.2, 0.25) is 0 Å². The first-order chi connectivity index (χ1) is 9.58. The van der Waals surface area contributed by atoms with E-state index < -0.39 is 0 Å². The van der Waals surface area contributed by atoms with E-state index >= 15 is 0 Å². The highest BCUT2D eigenvalue weighted by molar-refractivity contribution is 6.28. The molecule has 20 heavy (non-hydrogen) atoms. The summed E-state index contributed by atoms with van der Waals surface area (Å²) in [6, 6.07) is 7.87. The first-order valence-corrected chi connectivity index (χ1v) is 6.79. The van der Waals surface area contributed by atoms with Crippen molar-refractivity contribution in [2.24, 2.45) is 17.8 Å². The molecule has 0 aliphatic carbocycles. The topological polar surface area (TPSA) is 59.4 Å². The third kappa shape index (κ3) is 3.74. The van der Waals surface area contributed by atoms with Crippen LogP contribution in [-0.2, 0) is 13.6 Å². The molecule has 0 saturated carbocycles. The average Bonchev–Trinajstić information content (AvgIpc) is 2.84. The Bertz CT molecular complexity index is 588. The number of hydrogen-bond donors (Lipinski definition) is 1. The van der Waals surface area contributed by atoms with Gasteiger partial charge in [0.05, 0.1) is 17.8 Å². The maximum absolute atomic E-state index is 5.61. The average molecular weight is 292 g/mol. The number of halogens is 1. The minimum Gasteiger partial charge on any atom is -0.386 e. The van der Waals surface area contributed by atoms with Gasteiger partial charge in [0, 0.05) is 38.1 Å². The number of aromatic nitrogens is 2. The van der Waals surface area contributed by atoms with Gasteiger partial charge in [-0.15, -0.1) is 11.6 Å². The molecular weight excluding hydrogens is 274 g/mol. The molecule has 106 valence electrons. The monoisotopic (exact) mass is 291 g/mol. The van der Waals surface area contributed by atoms with Gasteiger partial charge < -0.3 is 10.6 Å². The second kappa shape index (κ2) is 6.43. The Labute approximate surface area is 123 Å². The van der Waals surface area contributed by atoms with E-state index in [9.17, 15) is 0 Å². The molecule has 2 aromatic rings. The summed E-state index contributed by atoms with van der Waals surface area (Å²) in [6.45, 7) is 0.806. The summed E-state index contributed by atoms with van der Waals surface area (Å²) in [5.41, 5.74) is 8.69. The molecule has 1 aromatic heterocycles. The Morgan fingerprint density at radius 3 is 2.65 bits per heavy atom. The minimum atomic E-state index is 0.239. The van der Waals surface area contributed by atoms with Crippen molar-refractivity contribution in [2.75, 3.05) is 17.8 Å². The van der Waals surface area contributed by atoms with E-state index in [1.807, 2.05) is 50.8 Å². The smallest absolute Gasteiger partial charge is 0.115 e. The van der Waals surface area contributed by atoms with Crippen molar-refractivity contribution in [1.29, 1.82) is 0 Å². The van der Waals surface area contributed by atoms with Crippen LogP contribution in [0.5, 0.6) is 0 Å². The number of alkyl halides is 1. The Balaban J connectivity index is 2.05. The molecule has 0 fully saturated rings. The van der Waals surface area contributed by atoms with Crippen LogP contribution in [0, 0.1) is 0 Å². The number of nitrogens with zero attached hydrogens (tertiary/aromatic N) is 4. The van der Waals surface area contributed by atoms with E-state index in [1.165, 1.54) is 5.56 Å². The maximum atomic E-state index is 5.61. The van der Waals surface area contributed by atoms with Gasteiger partial charge in [0.1, 0.15) is 5.84 Å². The van der Waals surface area contributed by atoms with Crippen LogP contribution < -0.4 is 10.6 Å². The van der Waals surface area contributed by atoms with Crippen molar-refractivity contribution in [3.8, 4) is 0 Å². The van der Waals surface area contributed by atoms with Gasteiger partial charge in [0.25, 0.3) is 0 Å². The van der Waals surface area contributed by atoms with E-state index in [4.69, 9.17) is 17.3 Å². The number of rotatable bonds is 5. The summed E-state index contributed by atoms with van der Waals surface area (Å²) in [7, 11) is 3.95. The molecule has 1 heterocycles. The Kier molecular flexibility index (Phi) is 4.63. The minimum absolute atomic E-state index is 0.239. The second-order valence-corrected chi connectivity index (χ2v) is 4.90. The highest BCUT2D eigenvalue weighted by atomic mass is 35.5. The summed E-state index contributed by atoms with van der Waals surface area (Å²) in [5, 5.41) is 4.17. The van der Waals surface area contributed by atoms with Crippen molar-refractivity contribution < 1.29 is 0 Å². The van der Waals surface area contributed by atoms with Gasteiger partial charge in [-0.3, -0.25) is 4.68 Å². The van der Waals surface area contributed by atoms with E-state index in [0.29, 0.717) is 5.84 Å². The molecule has 0 atom stereocenters. The highest BCUT2D eigenvalue weighted by Gasteiger charge is 2.04. The number of amidine groups is 1. The van der Waals surface area contributed by atoms with E-state index in [1.54, 1.807) is 4.68 Å². The molecular formula is C14H18ClN5. The van der Waals surface area contributed by atoms with Crippen molar-refractivity contribution in [1.82, 2.24) is 9.78 Å². The van der Waals surface area contributed by atoms with Gasteiger partial charge in [-0.2, -0.15) is 5.10 Å². The molecule has 1 aromatic carbocycles. The van der Waals surface area contributed by atoms with Crippen LogP contribution in [0.3, 0.4) is 0 Å². The van der Waals surface area contributed by atoms with Crippen molar-refractivity contribution >= 4 is 28.8 Å². The van der Waals surface area contributed by atoms with Crippen LogP contribution in [0.15, 0.2) is 41.7 Å². The number of anilines is 1. The summed E-state index contributed by atoms with van der Waals surface area (Å²) in [4.78, 5) is 6.34. The third-order valence-electron chi connectivity index (χ3n) is 2.88. The normalized spacial score (nSPS) is 11.7. The fourth-order valence-corrected chi connectivity index (χ4v) is 1.96. The Morgan fingerprint density at radius 1 is 1.40 bits per heavy atom. The quantitative estimate of drug-likeness (QED) is 0.522. The maximum Gasteiger partial charge on any atom is 0.115 e. The van der Waals surface area contributed by atoms with E-state index in [2.05, 4.69) is 15.0 Å². The van der Waals surface area contributed by atoms with Gasteiger partial charge in [0.15, 0.2) is 0 Å². The number of benzene rings is 1. The lowest BCUT2D eigenvalue weighted by molar-refractivity contribution is 0.766. The predicted octanol–water partition coefficient (Wildman–Crippen LogP) is 2.28. The largest absolute Gasteiger partial charge is 0.386 e. The highest BCUT2D eigenvalue weighted by Crippen LogP contribution is 2.20. The second-order valence-electron chi connectivity index (χ2n) is 4.63. The van der Waals surface area contributed by atoms with Crippen LogP contribution in [0.1, 0.15) is 5.56 Å². The zero-order chi connectivity index (χ0) is 14.5. The van der Waals surface area contributed by atoms with Gasteiger partial charge in [-0.1, -0.05) is 0 Å².